The molecule has 2 amide bonds. The van der Waals surface area contributed by atoms with Crippen molar-refractivity contribution in [3.8, 4) is 5.75 Å². The van der Waals surface area contributed by atoms with Crippen LogP contribution in [0, 0.1) is 6.92 Å². The maximum absolute atomic E-state index is 12.3. The van der Waals surface area contributed by atoms with Crippen molar-refractivity contribution in [2.75, 3.05) is 17.7 Å². The van der Waals surface area contributed by atoms with Crippen molar-refractivity contribution in [2.24, 2.45) is 0 Å². The third kappa shape index (κ3) is 5.23. The second-order valence-electron chi connectivity index (χ2n) is 5.13. The maximum Gasteiger partial charge on any atom is 0.408 e. The molecule has 0 radical (unpaired) electrons. The number of halogens is 3. The Morgan fingerprint density at radius 2 is 1.88 bits per heavy atom. The molecular weight excluding hydrogens is 341 g/mol. The number of hydrogen-bond donors (Lipinski definition) is 2. The molecule has 0 aliphatic heterocycles. The zero-order valence-electron chi connectivity index (χ0n) is 13.3. The van der Waals surface area contributed by atoms with E-state index in [1.165, 1.54) is 7.11 Å². The van der Waals surface area contributed by atoms with Crippen LogP contribution >= 0.6 is 0 Å². The molecule has 25 heavy (non-hydrogen) atoms. The van der Waals surface area contributed by atoms with Gasteiger partial charge in [-0.25, -0.2) is 0 Å². The van der Waals surface area contributed by atoms with E-state index in [4.69, 9.17) is 4.74 Å². The molecule has 2 N–H and O–H groups in total. The monoisotopic (exact) mass is 356 g/mol. The Morgan fingerprint density at radius 1 is 1.20 bits per heavy atom. The van der Waals surface area contributed by atoms with Gasteiger partial charge in [0, 0.05) is 12.3 Å². The Kier molecular flexibility index (Phi) is 5.30. The lowest BCUT2D eigenvalue weighted by molar-refractivity contribution is -0.142. The summed E-state index contributed by atoms with van der Waals surface area (Å²) in [6.45, 7) is 0.498. The van der Waals surface area contributed by atoms with Crippen LogP contribution in [0.4, 0.5) is 24.7 Å². The summed E-state index contributed by atoms with van der Waals surface area (Å²) in [7, 11) is 1.41. The summed E-state index contributed by atoms with van der Waals surface area (Å²) in [5.41, 5.74) is 1.13. The Morgan fingerprint density at radius 3 is 2.52 bits per heavy atom. The van der Waals surface area contributed by atoms with Crippen molar-refractivity contribution in [3.63, 3.8) is 0 Å². The molecule has 0 spiro atoms. The molecule has 2 rings (SSSR count). The third-order valence-corrected chi connectivity index (χ3v) is 3.03. The van der Waals surface area contributed by atoms with Crippen molar-refractivity contribution < 1.29 is 27.5 Å². The van der Waals surface area contributed by atoms with E-state index in [0.717, 1.165) is 17.8 Å². The first-order chi connectivity index (χ1) is 11.7. The molecule has 2 aromatic rings. The van der Waals surface area contributed by atoms with E-state index in [1.807, 2.05) is 0 Å². The summed E-state index contributed by atoms with van der Waals surface area (Å²) >= 11 is 0. The van der Waals surface area contributed by atoms with Gasteiger partial charge in [0.05, 0.1) is 12.8 Å². The average molecular weight is 356 g/mol. The van der Waals surface area contributed by atoms with Crippen molar-refractivity contribution in [1.82, 2.24) is 9.78 Å². The van der Waals surface area contributed by atoms with Crippen molar-refractivity contribution in [3.05, 3.63) is 36.0 Å². The second kappa shape index (κ2) is 7.24. The molecule has 7 nitrogen and oxygen atoms in total. The maximum atomic E-state index is 12.3. The quantitative estimate of drug-likeness (QED) is 0.824. The van der Waals surface area contributed by atoms with Gasteiger partial charge in [0.15, 0.2) is 5.82 Å². The summed E-state index contributed by atoms with van der Waals surface area (Å²) in [6.07, 6.45) is -3.39. The number of carbonyl (C=O) groups excluding carboxylic acids is 2. The average Bonchev–Trinajstić information content (AvgIpc) is 2.92. The van der Waals surface area contributed by atoms with Crippen LogP contribution in [0.25, 0.3) is 0 Å². The molecule has 0 saturated heterocycles. The van der Waals surface area contributed by atoms with Crippen LogP contribution in [0.15, 0.2) is 30.5 Å². The number of aromatic nitrogens is 2. The highest BCUT2D eigenvalue weighted by Gasteiger charge is 2.28. The van der Waals surface area contributed by atoms with Gasteiger partial charge in [-0.3, -0.25) is 14.3 Å². The first-order valence-corrected chi connectivity index (χ1v) is 7.05. The number of benzene rings is 1. The molecule has 0 unspecified atom stereocenters. The van der Waals surface area contributed by atoms with Gasteiger partial charge in [-0.2, -0.15) is 18.3 Å². The molecular formula is C15H15F3N4O3. The van der Waals surface area contributed by atoms with Gasteiger partial charge >= 0.3 is 18.0 Å². The Hall–Kier alpha value is -3.04. The highest BCUT2D eigenvalue weighted by Crippen LogP contribution is 2.25. The minimum Gasteiger partial charge on any atom is -0.495 e. The normalized spacial score (nSPS) is 11.1. The fraction of sp³-hybridized carbons (Fsp3) is 0.267. The molecule has 0 aliphatic carbocycles. The van der Waals surface area contributed by atoms with Gasteiger partial charge in [-0.15, -0.1) is 0 Å². The number of nitrogens with one attached hydrogen (secondary N) is 2. The molecule has 0 saturated carbocycles. The SMILES string of the molecule is COc1ccc(C)cc1NC(=O)C(=O)Nc1ccn(CC(F)(F)F)n1. The number of alkyl halides is 3. The van der Waals surface area contributed by atoms with Gasteiger partial charge < -0.3 is 15.4 Å². The van der Waals surface area contributed by atoms with E-state index in [2.05, 4.69) is 15.7 Å². The molecule has 0 atom stereocenters. The van der Waals surface area contributed by atoms with E-state index >= 15 is 0 Å². The summed E-state index contributed by atoms with van der Waals surface area (Å²) in [5, 5.41) is 8.04. The molecule has 0 fully saturated rings. The van der Waals surface area contributed by atoms with Crippen molar-refractivity contribution >= 4 is 23.3 Å². The lowest BCUT2D eigenvalue weighted by Gasteiger charge is -2.10. The number of hydrogen-bond acceptors (Lipinski definition) is 4. The lowest BCUT2D eigenvalue weighted by Crippen LogP contribution is -2.29. The number of anilines is 2. The van der Waals surface area contributed by atoms with E-state index in [9.17, 15) is 22.8 Å². The molecule has 10 heteroatoms. The van der Waals surface area contributed by atoms with Crippen LogP contribution in [0.2, 0.25) is 0 Å². The zero-order valence-corrected chi connectivity index (χ0v) is 13.3. The molecule has 0 aliphatic rings. The van der Waals surface area contributed by atoms with Crippen molar-refractivity contribution in [2.45, 2.75) is 19.6 Å². The largest absolute Gasteiger partial charge is 0.495 e. The lowest BCUT2D eigenvalue weighted by atomic mass is 10.2. The number of amides is 2. The smallest absolute Gasteiger partial charge is 0.408 e. The fourth-order valence-corrected chi connectivity index (χ4v) is 1.97. The van der Waals surface area contributed by atoms with Crippen LogP contribution < -0.4 is 15.4 Å². The highest BCUT2D eigenvalue weighted by molar-refractivity contribution is 6.43. The van der Waals surface area contributed by atoms with E-state index in [1.54, 1.807) is 25.1 Å². The zero-order chi connectivity index (χ0) is 18.6. The van der Waals surface area contributed by atoms with Gasteiger partial charge in [0.2, 0.25) is 0 Å². The number of aryl methyl sites for hydroxylation is 1. The first-order valence-electron chi connectivity index (χ1n) is 7.05. The fourth-order valence-electron chi connectivity index (χ4n) is 1.97. The number of carbonyl (C=O) groups is 2. The van der Waals surface area contributed by atoms with Gasteiger partial charge in [-0.1, -0.05) is 6.07 Å². The number of methoxy groups -OCH3 is 1. The molecule has 134 valence electrons. The first kappa shape index (κ1) is 18.3. The number of rotatable bonds is 4. The van der Waals surface area contributed by atoms with Crippen LogP contribution in [0.5, 0.6) is 5.75 Å². The van der Waals surface area contributed by atoms with E-state index in [0.29, 0.717) is 16.1 Å². The molecule has 1 aromatic heterocycles. The van der Waals surface area contributed by atoms with Gasteiger partial charge in [0.1, 0.15) is 12.3 Å². The van der Waals surface area contributed by atoms with Crippen LogP contribution in [-0.4, -0.2) is 34.9 Å². The Bertz CT molecular complexity index is 787. The van der Waals surface area contributed by atoms with Gasteiger partial charge in [0.25, 0.3) is 0 Å². The van der Waals surface area contributed by atoms with E-state index < -0.39 is 24.5 Å². The summed E-state index contributed by atoms with van der Waals surface area (Å²) in [6, 6.07) is 6.16. The molecule has 0 bridgehead atoms. The van der Waals surface area contributed by atoms with Crippen molar-refractivity contribution in [1.29, 1.82) is 0 Å². The van der Waals surface area contributed by atoms with Crippen LogP contribution in [-0.2, 0) is 16.1 Å². The summed E-state index contributed by atoms with van der Waals surface area (Å²) in [4.78, 5) is 23.8. The van der Waals surface area contributed by atoms with Gasteiger partial charge in [-0.05, 0) is 24.6 Å². The second-order valence-corrected chi connectivity index (χ2v) is 5.13. The standard InChI is InChI=1S/C15H15F3N4O3/c1-9-3-4-11(25-2)10(7-9)19-13(23)14(24)20-12-5-6-22(21-12)8-15(16,17)18/h3-7H,8H2,1-2H3,(H,19,23)(H,20,21,24). The minimum atomic E-state index is -4.44. The minimum absolute atomic E-state index is 0.166. The highest BCUT2D eigenvalue weighted by atomic mass is 19.4. The topological polar surface area (TPSA) is 85.2 Å². The summed E-state index contributed by atoms with van der Waals surface area (Å²) in [5.74, 6) is -1.88. The predicted molar refractivity (Wildman–Crippen MR) is 83.3 cm³/mol. The predicted octanol–water partition coefficient (Wildman–Crippen LogP) is 2.34. The van der Waals surface area contributed by atoms with E-state index in [-0.39, 0.29) is 5.82 Å². The Labute approximate surface area is 140 Å². The molecule has 1 aromatic carbocycles. The molecule has 1 heterocycles. The van der Waals surface area contributed by atoms with Crippen LogP contribution in [0.3, 0.4) is 0 Å². The number of nitrogens with zero attached hydrogens (tertiary/aromatic N) is 2. The Balaban J connectivity index is 2.01. The van der Waals surface area contributed by atoms with Crippen LogP contribution in [0.1, 0.15) is 5.56 Å². The third-order valence-electron chi connectivity index (χ3n) is 3.03. The summed E-state index contributed by atoms with van der Waals surface area (Å²) < 4.78 is 42.5. The number of ether oxygens (including phenoxy) is 1.